The average Bonchev–Trinajstić information content (AvgIpc) is 2.78. The van der Waals surface area contributed by atoms with Crippen molar-refractivity contribution in [1.29, 1.82) is 0 Å². The Bertz CT molecular complexity index is 311. The number of aliphatic hydroxyl groups excluding tert-OH is 1. The van der Waals surface area contributed by atoms with Crippen molar-refractivity contribution in [2.24, 2.45) is 5.73 Å². The summed E-state index contributed by atoms with van der Waals surface area (Å²) in [7, 11) is 0. The van der Waals surface area contributed by atoms with Crippen LogP contribution in [-0.4, -0.2) is 34.4 Å². The number of unbranched alkanes of at least 4 members (excludes halogenated alkanes) is 1. The van der Waals surface area contributed by atoms with E-state index in [1.165, 1.54) is 0 Å². The van der Waals surface area contributed by atoms with Crippen LogP contribution in [-0.2, 0) is 0 Å². The number of aromatic nitrogens is 2. The van der Waals surface area contributed by atoms with E-state index in [2.05, 4.69) is 28.7 Å². The molecule has 17 heavy (non-hydrogen) atoms. The first-order valence-corrected chi connectivity index (χ1v) is 6.26. The lowest BCUT2D eigenvalue weighted by Gasteiger charge is -2.20. The molecule has 0 fully saturated rings. The molecule has 1 rings (SSSR count). The summed E-state index contributed by atoms with van der Waals surface area (Å²) < 4.78 is 2.14. The van der Waals surface area contributed by atoms with Gasteiger partial charge in [-0.3, -0.25) is 0 Å². The highest BCUT2D eigenvalue weighted by atomic mass is 16.2. The third kappa shape index (κ3) is 4.11. The van der Waals surface area contributed by atoms with Crippen molar-refractivity contribution in [3.8, 4) is 0 Å². The summed E-state index contributed by atoms with van der Waals surface area (Å²) in [6, 6.07) is 0.527. The number of imidazole rings is 1. The molecular formula is C12H24N4O. The molecular weight excluding hydrogens is 216 g/mol. The number of nitrogens with zero attached hydrogens (tertiary/aromatic N) is 2. The summed E-state index contributed by atoms with van der Waals surface area (Å²) in [5.41, 5.74) is 6.93. The SMILES string of the molecule is CC(C)n1cncc1C(CN)NCCCCO. The molecule has 0 aliphatic heterocycles. The van der Waals surface area contributed by atoms with Gasteiger partial charge in [-0.2, -0.15) is 0 Å². The van der Waals surface area contributed by atoms with Crippen molar-refractivity contribution in [3.05, 3.63) is 18.2 Å². The summed E-state index contributed by atoms with van der Waals surface area (Å²) >= 11 is 0. The fourth-order valence-electron chi connectivity index (χ4n) is 1.84. The third-order valence-corrected chi connectivity index (χ3v) is 2.82. The summed E-state index contributed by atoms with van der Waals surface area (Å²) in [6.07, 6.45) is 5.51. The Kier molecular flexibility index (Phi) is 6.18. The van der Waals surface area contributed by atoms with E-state index in [9.17, 15) is 0 Å². The van der Waals surface area contributed by atoms with Crippen molar-refractivity contribution in [2.75, 3.05) is 19.7 Å². The maximum Gasteiger partial charge on any atom is 0.0951 e. The predicted octanol–water partition coefficient (Wildman–Crippen LogP) is 0.826. The van der Waals surface area contributed by atoms with Gasteiger partial charge in [-0.15, -0.1) is 0 Å². The Morgan fingerprint density at radius 3 is 2.82 bits per heavy atom. The van der Waals surface area contributed by atoms with Crippen LogP contribution in [0.5, 0.6) is 0 Å². The molecule has 1 unspecified atom stereocenters. The Morgan fingerprint density at radius 2 is 2.24 bits per heavy atom. The number of hydrogen-bond donors (Lipinski definition) is 3. The lowest BCUT2D eigenvalue weighted by Crippen LogP contribution is -2.31. The number of hydrogen-bond acceptors (Lipinski definition) is 4. The zero-order valence-electron chi connectivity index (χ0n) is 10.8. The molecule has 1 atom stereocenters. The van der Waals surface area contributed by atoms with Crippen LogP contribution in [0.3, 0.4) is 0 Å². The van der Waals surface area contributed by atoms with Crippen LogP contribution in [0.2, 0.25) is 0 Å². The van der Waals surface area contributed by atoms with E-state index in [-0.39, 0.29) is 12.6 Å². The minimum absolute atomic E-state index is 0.138. The van der Waals surface area contributed by atoms with Crippen LogP contribution in [0, 0.1) is 0 Å². The molecule has 0 aliphatic carbocycles. The zero-order chi connectivity index (χ0) is 12.7. The maximum absolute atomic E-state index is 8.72. The van der Waals surface area contributed by atoms with E-state index in [1.807, 2.05) is 12.5 Å². The summed E-state index contributed by atoms with van der Waals surface area (Å²) in [5, 5.41) is 12.1. The minimum Gasteiger partial charge on any atom is -0.396 e. The van der Waals surface area contributed by atoms with Gasteiger partial charge in [-0.25, -0.2) is 4.98 Å². The molecule has 0 aromatic carbocycles. The van der Waals surface area contributed by atoms with Crippen molar-refractivity contribution >= 4 is 0 Å². The predicted molar refractivity (Wildman–Crippen MR) is 68.7 cm³/mol. The van der Waals surface area contributed by atoms with Gasteiger partial charge in [0.15, 0.2) is 0 Å². The Labute approximate surface area is 103 Å². The molecule has 1 aromatic rings. The van der Waals surface area contributed by atoms with Gasteiger partial charge in [-0.05, 0) is 33.2 Å². The highest BCUT2D eigenvalue weighted by Gasteiger charge is 2.14. The molecule has 0 amide bonds. The average molecular weight is 240 g/mol. The van der Waals surface area contributed by atoms with Gasteiger partial charge in [0.2, 0.25) is 0 Å². The van der Waals surface area contributed by atoms with Crippen LogP contribution in [0.15, 0.2) is 12.5 Å². The molecule has 0 saturated heterocycles. The summed E-state index contributed by atoms with van der Waals surface area (Å²) in [5.74, 6) is 0. The molecule has 98 valence electrons. The molecule has 5 heteroatoms. The van der Waals surface area contributed by atoms with Gasteiger partial charge in [-0.1, -0.05) is 0 Å². The van der Waals surface area contributed by atoms with Crippen LogP contribution in [0.25, 0.3) is 0 Å². The zero-order valence-corrected chi connectivity index (χ0v) is 10.8. The highest BCUT2D eigenvalue weighted by molar-refractivity contribution is 5.07. The minimum atomic E-state index is 0.138. The molecule has 5 nitrogen and oxygen atoms in total. The second-order valence-electron chi connectivity index (χ2n) is 4.49. The van der Waals surface area contributed by atoms with Crippen molar-refractivity contribution in [2.45, 2.75) is 38.8 Å². The van der Waals surface area contributed by atoms with E-state index in [1.54, 1.807) is 0 Å². The molecule has 1 heterocycles. The Hall–Kier alpha value is -0.910. The number of aliphatic hydroxyl groups is 1. The van der Waals surface area contributed by atoms with Gasteiger partial charge < -0.3 is 20.7 Å². The van der Waals surface area contributed by atoms with Crippen molar-refractivity contribution < 1.29 is 5.11 Å². The highest BCUT2D eigenvalue weighted by Crippen LogP contribution is 2.16. The van der Waals surface area contributed by atoms with E-state index in [0.29, 0.717) is 12.6 Å². The summed E-state index contributed by atoms with van der Waals surface area (Å²) in [6.45, 7) is 5.93. The number of nitrogens with two attached hydrogens (primary N) is 1. The van der Waals surface area contributed by atoms with Crippen LogP contribution in [0.4, 0.5) is 0 Å². The fourth-order valence-corrected chi connectivity index (χ4v) is 1.84. The van der Waals surface area contributed by atoms with Crippen molar-refractivity contribution in [1.82, 2.24) is 14.9 Å². The molecule has 0 radical (unpaired) electrons. The quantitative estimate of drug-likeness (QED) is 0.588. The van der Waals surface area contributed by atoms with Crippen LogP contribution in [0.1, 0.15) is 44.5 Å². The molecule has 0 aliphatic rings. The standard InChI is InChI=1S/C12H24N4O/c1-10(2)16-9-14-8-12(16)11(7-13)15-5-3-4-6-17/h8-11,15,17H,3-7,13H2,1-2H3. The van der Waals surface area contributed by atoms with Gasteiger partial charge in [0, 0.05) is 25.4 Å². The smallest absolute Gasteiger partial charge is 0.0951 e. The van der Waals surface area contributed by atoms with Gasteiger partial charge in [0.05, 0.1) is 18.1 Å². The van der Waals surface area contributed by atoms with E-state index in [0.717, 1.165) is 25.1 Å². The van der Waals surface area contributed by atoms with E-state index in [4.69, 9.17) is 10.8 Å². The monoisotopic (exact) mass is 240 g/mol. The summed E-state index contributed by atoms with van der Waals surface area (Å²) in [4.78, 5) is 4.18. The molecule has 0 spiro atoms. The third-order valence-electron chi connectivity index (χ3n) is 2.82. The maximum atomic E-state index is 8.72. The first-order chi connectivity index (χ1) is 8.20. The van der Waals surface area contributed by atoms with Gasteiger partial charge in [0.25, 0.3) is 0 Å². The van der Waals surface area contributed by atoms with E-state index >= 15 is 0 Å². The Morgan fingerprint density at radius 1 is 1.47 bits per heavy atom. The second-order valence-corrected chi connectivity index (χ2v) is 4.49. The van der Waals surface area contributed by atoms with Crippen LogP contribution >= 0.6 is 0 Å². The topological polar surface area (TPSA) is 76.1 Å². The number of nitrogens with one attached hydrogen (secondary N) is 1. The molecule has 0 bridgehead atoms. The van der Waals surface area contributed by atoms with E-state index < -0.39 is 0 Å². The first kappa shape index (κ1) is 14.2. The molecule has 1 aromatic heterocycles. The van der Waals surface area contributed by atoms with Gasteiger partial charge >= 0.3 is 0 Å². The first-order valence-electron chi connectivity index (χ1n) is 6.26. The van der Waals surface area contributed by atoms with Crippen LogP contribution < -0.4 is 11.1 Å². The lowest BCUT2D eigenvalue weighted by atomic mass is 10.2. The fraction of sp³-hybridized carbons (Fsp3) is 0.750. The second kappa shape index (κ2) is 7.42. The number of rotatable bonds is 8. The van der Waals surface area contributed by atoms with Crippen molar-refractivity contribution in [3.63, 3.8) is 0 Å². The molecule has 4 N–H and O–H groups in total. The largest absolute Gasteiger partial charge is 0.396 e. The molecule has 0 saturated carbocycles. The Balaban J connectivity index is 2.56. The van der Waals surface area contributed by atoms with Gasteiger partial charge in [0.1, 0.15) is 0 Å². The normalized spacial score (nSPS) is 13.2. The lowest BCUT2D eigenvalue weighted by molar-refractivity contribution is 0.282.